The van der Waals surface area contributed by atoms with Crippen LogP contribution >= 0.6 is 27.5 Å². The average Bonchev–Trinajstić information content (AvgIpc) is 2.45. The quantitative estimate of drug-likeness (QED) is 0.799. The van der Waals surface area contributed by atoms with Gasteiger partial charge in [-0.05, 0) is 28.1 Å². The fraction of sp³-hybridized carbons (Fsp3) is 0.125. The van der Waals surface area contributed by atoms with E-state index < -0.39 is 0 Å². The zero-order valence-electron chi connectivity index (χ0n) is 6.67. The van der Waals surface area contributed by atoms with Gasteiger partial charge < -0.3 is 5.73 Å². The SMILES string of the molecule is NCc1nc(Br)c2cccc(Cl)n12. The Morgan fingerprint density at radius 2 is 2.31 bits per heavy atom. The van der Waals surface area contributed by atoms with Crippen LogP contribution in [0.3, 0.4) is 0 Å². The Labute approximate surface area is 88.6 Å². The maximum absolute atomic E-state index is 6.00. The van der Waals surface area contributed by atoms with Gasteiger partial charge in [-0.1, -0.05) is 17.7 Å². The van der Waals surface area contributed by atoms with Crippen LogP contribution in [0.2, 0.25) is 5.15 Å². The molecule has 2 N–H and O–H groups in total. The van der Waals surface area contributed by atoms with E-state index >= 15 is 0 Å². The number of imidazole rings is 1. The molecule has 0 spiro atoms. The molecule has 0 saturated carbocycles. The second kappa shape index (κ2) is 3.29. The predicted octanol–water partition coefficient (Wildman–Crippen LogP) is 2.21. The van der Waals surface area contributed by atoms with E-state index in [9.17, 15) is 0 Å². The molecule has 0 unspecified atom stereocenters. The predicted molar refractivity (Wildman–Crippen MR) is 55.8 cm³/mol. The summed E-state index contributed by atoms with van der Waals surface area (Å²) in [7, 11) is 0. The van der Waals surface area contributed by atoms with Gasteiger partial charge in [-0.15, -0.1) is 0 Å². The maximum atomic E-state index is 6.00. The molecule has 0 amide bonds. The number of nitrogens with zero attached hydrogens (tertiary/aromatic N) is 2. The van der Waals surface area contributed by atoms with E-state index in [2.05, 4.69) is 20.9 Å². The number of fused-ring (bicyclic) bond motifs is 1. The highest BCUT2D eigenvalue weighted by Gasteiger charge is 2.08. The van der Waals surface area contributed by atoms with Gasteiger partial charge in [0.25, 0.3) is 0 Å². The molecule has 0 saturated heterocycles. The van der Waals surface area contributed by atoms with E-state index in [1.54, 1.807) is 0 Å². The van der Waals surface area contributed by atoms with Gasteiger partial charge in [0, 0.05) is 0 Å². The smallest absolute Gasteiger partial charge is 0.132 e. The molecule has 0 aliphatic carbocycles. The van der Waals surface area contributed by atoms with Crippen molar-refractivity contribution in [1.82, 2.24) is 9.38 Å². The van der Waals surface area contributed by atoms with Gasteiger partial charge in [-0.3, -0.25) is 4.40 Å². The highest BCUT2D eigenvalue weighted by Crippen LogP contribution is 2.22. The van der Waals surface area contributed by atoms with Crippen molar-refractivity contribution in [2.24, 2.45) is 5.73 Å². The minimum atomic E-state index is 0.372. The van der Waals surface area contributed by atoms with Crippen molar-refractivity contribution < 1.29 is 0 Å². The third-order valence-corrected chi connectivity index (χ3v) is 2.70. The van der Waals surface area contributed by atoms with Crippen molar-refractivity contribution in [1.29, 1.82) is 0 Å². The van der Waals surface area contributed by atoms with Crippen LogP contribution in [0.4, 0.5) is 0 Å². The van der Waals surface area contributed by atoms with E-state index in [0.717, 1.165) is 15.9 Å². The average molecular weight is 261 g/mol. The summed E-state index contributed by atoms with van der Waals surface area (Å²) in [6.45, 7) is 0.372. The van der Waals surface area contributed by atoms with Crippen molar-refractivity contribution >= 4 is 33.0 Å². The lowest BCUT2D eigenvalue weighted by atomic mass is 10.4. The summed E-state index contributed by atoms with van der Waals surface area (Å²) in [6.07, 6.45) is 0. The summed E-state index contributed by atoms with van der Waals surface area (Å²) >= 11 is 9.35. The van der Waals surface area contributed by atoms with Crippen LogP contribution in [0.15, 0.2) is 22.8 Å². The standard InChI is InChI=1S/C8H7BrClN3/c9-8-5-2-1-3-6(10)13(5)7(4-11)12-8/h1-3H,4,11H2. The molecule has 68 valence electrons. The zero-order valence-corrected chi connectivity index (χ0v) is 9.01. The van der Waals surface area contributed by atoms with Gasteiger partial charge in [0.05, 0.1) is 12.1 Å². The molecule has 0 aliphatic rings. The topological polar surface area (TPSA) is 43.3 Å². The van der Waals surface area contributed by atoms with E-state index in [1.807, 2.05) is 22.6 Å². The molecule has 0 atom stereocenters. The van der Waals surface area contributed by atoms with Gasteiger partial charge >= 0.3 is 0 Å². The first kappa shape index (κ1) is 8.99. The number of nitrogens with two attached hydrogens (primary N) is 1. The van der Waals surface area contributed by atoms with E-state index in [1.165, 1.54) is 0 Å². The molecule has 13 heavy (non-hydrogen) atoms. The van der Waals surface area contributed by atoms with Crippen LogP contribution in [-0.2, 0) is 6.54 Å². The van der Waals surface area contributed by atoms with E-state index in [0.29, 0.717) is 11.7 Å². The Bertz CT molecular complexity index is 452. The van der Waals surface area contributed by atoms with Crippen LogP contribution in [0.5, 0.6) is 0 Å². The Hall–Kier alpha value is -0.580. The second-order valence-electron chi connectivity index (χ2n) is 2.59. The number of aromatic nitrogens is 2. The normalized spacial score (nSPS) is 11.0. The van der Waals surface area contributed by atoms with Gasteiger partial charge in [-0.2, -0.15) is 0 Å². The molecule has 5 heteroatoms. The largest absolute Gasteiger partial charge is 0.324 e. The van der Waals surface area contributed by atoms with Gasteiger partial charge in [0.1, 0.15) is 15.6 Å². The summed E-state index contributed by atoms with van der Waals surface area (Å²) in [5.41, 5.74) is 6.47. The number of hydrogen-bond acceptors (Lipinski definition) is 2. The summed E-state index contributed by atoms with van der Waals surface area (Å²) in [4.78, 5) is 4.24. The van der Waals surface area contributed by atoms with Crippen molar-refractivity contribution in [2.75, 3.05) is 0 Å². The van der Waals surface area contributed by atoms with E-state index in [-0.39, 0.29) is 0 Å². The molecule has 2 heterocycles. The Morgan fingerprint density at radius 1 is 1.54 bits per heavy atom. The molecule has 2 aromatic heterocycles. The monoisotopic (exact) mass is 259 g/mol. The third-order valence-electron chi connectivity index (χ3n) is 1.82. The van der Waals surface area contributed by atoms with Crippen LogP contribution < -0.4 is 5.73 Å². The minimum Gasteiger partial charge on any atom is -0.324 e. The summed E-state index contributed by atoms with van der Waals surface area (Å²) in [6, 6.07) is 5.62. The van der Waals surface area contributed by atoms with Crippen LogP contribution in [-0.4, -0.2) is 9.38 Å². The van der Waals surface area contributed by atoms with Crippen molar-refractivity contribution in [3.05, 3.63) is 33.8 Å². The molecule has 0 fully saturated rings. The highest BCUT2D eigenvalue weighted by atomic mass is 79.9. The zero-order chi connectivity index (χ0) is 9.42. The van der Waals surface area contributed by atoms with Crippen molar-refractivity contribution in [2.45, 2.75) is 6.54 Å². The number of rotatable bonds is 1. The summed E-state index contributed by atoms with van der Waals surface area (Å²) in [5.74, 6) is 0.757. The molecule has 3 nitrogen and oxygen atoms in total. The molecule has 0 aromatic carbocycles. The summed E-state index contributed by atoms with van der Waals surface area (Å²) in [5, 5.41) is 0.621. The lowest BCUT2D eigenvalue weighted by Gasteiger charge is -1.99. The first-order valence-electron chi connectivity index (χ1n) is 3.75. The molecule has 0 bridgehead atoms. The number of hydrogen-bond donors (Lipinski definition) is 1. The van der Waals surface area contributed by atoms with Crippen LogP contribution in [0.25, 0.3) is 5.52 Å². The van der Waals surface area contributed by atoms with Gasteiger partial charge in [-0.25, -0.2) is 4.98 Å². The van der Waals surface area contributed by atoms with Crippen LogP contribution in [0, 0.1) is 0 Å². The Balaban J connectivity index is 2.89. The molecule has 0 aliphatic heterocycles. The minimum absolute atomic E-state index is 0.372. The Kier molecular flexibility index (Phi) is 2.27. The number of pyridine rings is 1. The molecular formula is C8H7BrClN3. The number of halogens is 2. The lowest BCUT2D eigenvalue weighted by molar-refractivity contribution is 0.902. The molecule has 2 aromatic rings. The molecule has 0 radical (unpaired) electrons. The maximum Gasteiger partial charge on any atom is 0.132 e. The Morgan fingerprint density at radius 3 is 3.00 bits per heavy atom. The fourth-order valence-corrected chi connectivity index (χ4v) is 2.04. The molecule has 2 rings (SSSR count). The van der Waals surface area contributed by atoms with Gasteiger partial charge in [0.2, 0.25) is 0 Å². The van der Waals surface area contributed by atoms with Crippen LogP contribution in [0.1, 0.15) is 5.82 Å². The molecular weight excluding hydrogens is 253 g/mol. The third kappa shape index (κ3) is 1.35. The first-order chi connectivity index (χ1) is 6.24. The lowest BCUT2D eigenvalue weighted by Crippen LogP contribution is -2.02. The van der Waals surface area contributed by atoms with Crippen molar-refractivity contribution in [3.8, 4) is 0 Å². The first-order valence-corrected chi connectivity index (χ1v) is 4.92. The summed E-state index contributed by atoms with van der Waals surface area (Å²) < 4.78 is 2.60. The highest BCUT2D eigenvalue weighted by molar-refractivity contribution is 9.10. The van der Waals surface area contributed by atoms with Gasteiger partial charge in [0.15, 0.2) is 0 Å². The second-order valence-corrected chi connectivity index (χ2v) is 3.73. The van der Waals surface area contributed by atoms with E-state index in [4.69, 9.17) is 17.3 Å². The van der Waals surface area contributed by atoms with Crippen molar-refractivity contribution in [3.63, 3.8) is 0 Å². The fourth-order valence-electron chi connectivity index (χ4n) is 1.26.